The van der Waals surface area contributed by atoms with Gasteiger partial charge in [0.25, 0.3) is 0 Å². The Bertz CT molecular complexity index is 258. The largest absolute Gasteiger partial charge is 0.401 e. The summed E-state index contributed by atoms with van der Waals surface area (Å²) in [5.41, 5.74) is 0. The summed E-state index contributed by atoms with van der Waals surface area (Å²) in [6.07, 6.45) is -1.77. The SMILES string of the molecule is O=C(CNCC(F)(F)F)N[C@@H]1CCCC[C@H]1O. The molecule has 4 nitrogen and oxygen atoms in total. The van der Waals surface area contributed by atoms with E-state index < -0.39 is 24.7 Å². The van der Waals surface area contributed by atoms with Crippen molar-refractivity contribution in [1.29, 1.82) is 0 Å². The summed E-state index contributed by atoms with van der Waals surface area (Å²) in [6, 6.07) is -0.330. The number of aliphatic hydroxyl groups excluding tert-OH is 1. The number of aliphatic hydroxyl groups is 1. The maximum absolute atomic E-state index is 11.8. The molecule has 1 aliphatic carbocycles. The van der Waals surface area contributed by atoms with Crippen LogP contribution >= 0.6 is 0 Å². The molecule has 0 aliphatic heterocycles. The monoisotopic (exact) mass is 254 g/mol. The van der Waals surface area contributed by atoms with Crippen LogP contribution in [0.5, 0.6) is 0 Å². The number of carbonyl (C=O) groups excluding carboxylic acids is 1. The van der Waals surface area contributed by atoms with Crippen LogP contribution in [0.2, 0.25) is 0 Å². The molecular formula is C10H17F3N2O2. The topological polar surface area (TPSA) is 61.4 Å². The van der Waals surface area contributed by atoms with E-state index in [1.54, 1.807) is 0 Å². The maximum atomic E-state index is 11.8. The van der Waals surface area contributed by atoms with Gasteiger partial charge < -0.3 is 15.7 Å². The molecule has 0 bridgehead atoms. The first kappa shape index (κ1) is 14.2. The number of alkyl halides is 3. The zero-order valence-electron chi connectivity index (χ0n) is 9.39. The molecule has 0 aromatic heterocycles. The summed E-state index contributed by atoms with van der Waals surface area (Å²) < 4.78 is 35.4. The molecule has 2 atom stereocenters. The van der Waals surface area contributed by atoms with Crippen molar-refractivity contribution in [3.8, 4) is 0 Å². The molecule has 0 heterocycles. The number of nitrogens with one attached hydrogen (secondary N) is 2. The van der Waals surface area contributed by atoms with Gasteiger partial charge in [0.2, 0.25) is 5.91 Å². The van der Waals surface area contributed by atoms with Gasteiger partial charge in [0.15, 0.2) is 0 Å². The zero-order valence-corrected chi connectivity index (χ0v) is 9.39. The number of carbonyl (C=O) groups is 1. The standard InChI is InChI=1S/C10H17F3N2O2/c11-10(12,13)6-14-5-9(17)15-7-3-1-2-4-8(7)16/h7-8,14,16H,1-6H2,(H,15,17)/t7-,8-/m1/s1. The first-order valence-corrected chi connectivity index (χ1v) is 5.63. The van der Waals surface area contributed by atoms with E-state index >= 15 is 0 Å². The minimum atomic E-state index is -4.31. The third-order valence-electron chi connectivity index (χ3n) is 2.69. The normalized spacial score (nSPS) is 25.6. The van der Waals surface area contributed by atoms with E-state index in [0.29, 0.717) is 12.8 Å². The summed E-state index contributed by atoms with van der Waals surface area (Å²) in [7, 11) is 0. The van der Waals surface area contributed by atoms with Gasteiger partial charge in [-0.25, -0.2) is 0 Å². The van der Waals surface area contributed by atoms with E-state index in [2.05, 4.69) is 5.32 Å². The van der Waals surface area contributed by atoms with Gasteiger partial charge >= 0.3 is 6.18 Å². The Morgan fingerprint density at radius 1 is 1.29 bits per heavy atom. The molecule has 100 valence electrons. The highest BCUT2D eigenvalue weighted by atomic mass is 19.4. The van der Waals surface area contributed by atoms with Gasteiger partial charge in [0.1, 0.15) is 0 Å². The first-order valence-electron chi connectivity index (χ1n) is 5.63. The van der Waals surface area contributed by atoms with Crippen LogP contribution in [0.3, 0.4) is 0 Å². The second kappa shape index (κ2) is 6.20. The van der Waals surface area contributed by atoms with Crippen LogP contribution in [0, 0.1) is 0 Å². The Hall–Kier alpha value is -0.820. The third kappa shape index (κ3) is 5.88. The highest BCUT2D eigenvalue weighted by Crippen LogP contribution is 2.18. The van der Waals surface area contributed by atoms with Crippen LogP contribution < -0.4 is 10.6 Å². The molecule has 17 heavy (non-hydrogen) atoms. The lowest BCUT2D eigenvalue weighted by atomic mass is 9.92. The molecule has 0 aromatic carbocycles. The zero-order chi connectivity index (χ0) is 12.9. The van der Waals surface area contributed by atoms with Crippen molar-refractivity contribution in [3.05, 3.63) is 0 Å². The predicted octanol–water partition coefficient (Wildman–Crippen LogP) is 0.558. The summed E-state index contributed by atoms with van der Waals surface area (Å²) in [6.45, 7) is -1.57. The Balaban J connectivity index is 2.20. The van der Waals surface area contributed by atoms with E-state index in [1.807, 2.05) is 5.32 Å². The molecule has 3 N–H and O–H groups in total. The van der Waals surface area contributed by atoms with Gasteiger partial charge in [-0.05, 0) is 12.8 Å². The second-order valence-electron chi connectivity index (χ2n) is 4.24. The van der Waals surface area contributed by atoms with Crippen LogP contribution in [-0.2, 0) is 4.79 Å². The van der Waals surface area contributed by atoms with Crippen LogP contribution in [0.15, 0.2) is 0 Å². The van der Waals surface area contributed by atoms with Crippen molar-refractivity contribution in [2.75, 3.05) is 13.1 Å². The lowest BCUT2D eigenvalue weighted by Gasteiger charge is -2.28. The molecule has 0 saturated heterocycles. The van der Waals surface area contributed by atoms with Crippen molar-refractivity contribution in [2.24, 2.45) is 0 Å². The van der Waals surface area contributed by atoms with E-state index in [4.69, 9.17) is 0 Å². The lowest BCUT2D eigenvalue weighted by molar-refractivity contribution is -0.129. The Kier molecular flexibility index (Phi) is 5.20. The second-order valence-corrected chi connectivity index (χ2v) is 4.24. The van der Waals surface area contributed by atoms with Crippen LogP contribution in [-0.4, -0.2) is 42.4 Å². The highest BCUT2D eigenvalue weighted by molar-refractivity contribution is 5.78. The van der Waals surface area contributed by atoms with Crippen molar-refractivity contribution in [2.45, 2.75) is 44.0 Å². The molecule has 1 amide bonds. The highest BCUT2D eigenvalue weighted by Gasteiger charge is 2.27. The fraction of sp³-hybridized carbons (Fsp3) is 0.900. The van der Waals surface area contributed by atoms with Crippen molar-refractivity contribution in [3.63, 3.8) is 0 Å². The molecule has 1 aliphatic rings. The molecule has 1 fully saturated rings. The van der Waals surface area contributed by atoms with Gasteiger partial charge in [0, 0.05) is 0 Å². The summed E-state index contributed by atoms with van der Waals surface area (Å²) in [5.74, 6) is -0.514. The number of amides is 1. The van der Waals surface area contributed by atoms with E-state index in [-0.39, 0.29) is 12.6 Å². The third-order valence-corrected chi connectivity index (χ3v) is 2.69. The van der Waals surface area contributed by atoms with Gasteiger partial charge in [-0.15, -0.1) is 0 Å². The van der Waals surface area contributed by atoms with Gasteiger partial charge in [-0.1, -0.05) is 12.8 Å². The average molecular weight is 254 g/mol. The molecule has 1 saturated carbocycles. The Morgan fingerprint density at radius 3 is 2.53 bits per heavy atom. The molecule has 7 heteroatoms. The van der Waals surface area contributed by atoms with E-state index in [1.165, 1.54) is 0 Å². The summed E-state index contributed by atoms with van der Waals surface area (Å²) in [4.78, 5) is 11.3. The van der Waals surface area contributed by atoms with Crippen molar-refractivity contribution < 1.29 is 23.1 Å². The fourth-order valence-electron chi connectivity index (χ4n) is 1.86. The van der Waals surface area contributed by atoms with Gasteiger partial charge in [-0.3, -0.25) is 4.79 Å². The van der Waals surface area contributed by atoms with Gasteiger partial charge in [0.05, 0.1) is 25.2 Å². The maximum Gasteiger partial charge on any atom is 0.401 e. The smallest absolute Gasteiger partial charge is 0.391 e. The number of rotatable bonds is 4. The van der Waals surface area contributed by atoms with Crippen LogP contribution in [0.4, 0.5) is 13.2 Å². The fourth-order valence-corrected chi connectivity index (χ4v) is 1.86. The number of hydrogen-bond donors (Lipinski definition) is 3. The van der Waals surface area contributed by atoms with Crippen molar-refractivity contribution >= 4 is 5.91 Å². The lowest BCUT2D eigenvalue weighted by Crippen LogP contribution is -2.48. The summed E-state index contributed by atoms with van der Waals surface area (Å²) in [5, 5.41) is 14.1. The van der Waals surface area contributed by atoms with Crippen LogP contribution in [0.1, 0.15) is 25.7 Å². The van der Waals surface area contributed by atoms with E-state index in [9.17, 15) is 23.1 Å². The number of hydrogen-bond acceptors (Lipinski definition) is 3. The quantitative estimate of drug-likeness (QED) is 0.687. The molecule has 0 spiro atoms. The molecule has 0 aromatic rings. The van der Waals surface area contributed by atoms with Crippen LogP contribution in [0.25, 0.3) is 0 Å². The predicted molar refractivity (Wildman–Crippen MR) is 55.3 cm³/mol. The van der Waals surface area contributed by atoms with Crippen molar-refractivity contribution in [1.82, 2.24) is 10.6 Å². The first-order chi connectivity index (χ1) is 7.88. The molecule has 1 rings (SSSR count). The van der Waals surface area contributed by atoms with E-state index in [0.717, 1.165) is 12.8 Å². The molecular weight excluding hydrogens is 237 g/mol. The Labute approximate surface area is 97.6 Å². The van der Waals surface area contributed by atoms with Gasteiger partial charge in [-0.2, -0.15) is 13.2 Å². The summed E-state index contributed by atoms with van der Waals surface area (Å²) >= 11 is 0. The average Bonchev–Trinajstić information content (AvgIpc) is 2.19. The minimum Gasteiger partial charge on any atom is -0.391 e. The number of halogens is 3. The minimum absolute atomic E-state index is 0.330. The molecule has 0 radical (unpaired) electrons. The molecule has 0 unspecified atom stereocenters. The Morgan fingerprint density at radius 2 is 1.94 bits per heavy atom.